The number of imidazole rings is 1. The van der Waals surface area contributed by atoms with Gasteiger partial charge in [-0.2, -0.15) is 5.26 Å². The molecule has 3 aromatic rings. The molecule has 2 aromatic heterocycles. The molecule has 0 fully saturated rings. The highest BCUT2D eigenvalue weighted by Gasteiger charge is 2.15. The van der Waals surface area contributed by atoms with Gasteiger partial charge in [0.15, 0.2) is 5.65 Å². The Morgan fingerprint density at radius 2 is 1.96 bits per heavy atom. The fraction of sp³-hybridized carbons (Fsp3) is 0.250. The first-order valence-corrected chi connectivity index (χ1v) is 7.27. The molecule has 1 N–H and O–H groups in total. The first-order valence-electron chi connectivity index (χ1n) is 7.27. The lowest BCUT2D eigenvalue weighted by molar-refractivity contribution is 0.611. The highest BCUT2D eigenvalue weighted by molar-refractivity contribution is 5.75. The summed E-state index contributed by atoms with van der Waals surface area (Å²) in [6, 6.07) is 8.92. The highest BCUT2D eigenvalue weighted by Crippen LogP contribution is 2.18. The van der Waals surface area contributed by atoms with Gasteiger partial charge in [-0.15, -0.1) is 0 Å². The molecule has 7 nitrogen and oxygen atoms in total. The molecule has 0 aliphatic heterocycles. The molecular formula is C16H15N5O2. The zero-order chi connectivity index (χ0) is 16.6. The molecule has 0 bridgehead atoms. The van der Waals surface area contributed by atoms with E-state index >= 15 is 0 Å². The number of fused-ring (bicyclic) bond motifs is 1. The summed E-state index contributed by atoms with van der Waals surface area (Å²) in [5.41, 5.74) is 1.19. The Balaban J connectivity index is 2.27. The number of aromatic amines is 1. The number of nitriles is 1. The zero-order valence-corrected chi connectivity index (χ0v) is 12.8. The minimum absolute atomic E-state index is 0.305. The third-order valence-electron chi connectivity index (χ3n) is 3.71. The summed E-state index contributed by atoms with van der Waals surface area (Å²) >= 11 is 0. The Bertz CT molecular complexity index is 1030. The van der Waals surface area contributed by atoms with Gasteiger partial charge in [0.1, 0.15) is 11.3 Å². The van der Waals surface area contributed by atoms with Gasteiger partial charge < -0.3 is 4.98 Å². The largest absolute Gasteiger partial charge is 0.332 e. The zero-order valence-electron chi connectivity index (χ0n) is 12.8. The molecule has 0 spiro atoms. The van der Waals surface area contributed by atoms with Crippen LogP contribution in [0.2, 0.25) is 0 Å². The standard InChI is InChI=1S/C16H15N5O2/c1-3-8-21-14-12(15(22)20(2)16(21)23)18-13(19-14)11-6-4-10(9-17)5-7-11/h4-7H,3,8H2,1-2H3,(H,18,19). The summed E-state index contributed by atoms with van der Waals surface area (Å²) < 4.78 is 2.58. The number of nitrogens with one attached hydrogen (secondary N) is 1. The maximum atomic E-state index is 12.3. The second-order valence-corrected chi connectivity index (χ2v) is 5.27. The molecule has 0 saturated heterocycles. The summed E-state index contributed by atoms with van der Waals surface area (Å²) in [6.07, 6.45) is 0.756. The van der Waals surface area contributed by atoms with Crippen molar-refractivity contribution >= 4 is 11.2 Å². The van der Waals surface area contributed by atoms with E-state index in [2.05, 4.69) is 16.0 Å². The van der Waals surface area contributed by atoms with E-state index in [-0.39, 0.29) is 5.69 Å². The fourth-order valence-electron chi connectivity index (χ4n) is 2.50. The molecule has 1 aromatic carbocycles. The van der Waals surface area contributed by atoms with Crippen molar-refractivity contribution in [3.63, 3.8) is 0 Å². The molecule has 3 rings (SSSR count). The van der Waals surface area contributed by atoms with E-state index in [9.17, 15) is 9.59 Å². The Hall–Kier alpha value is -3.14. The maximum absolute atomic E-state index is 12.3. The summed E-state index contributed by atoms with van der Waals surface area (Å²) in [5.74, 6) is 0.497. The monoisotopic (exact) mass is 309 g/mol. The molecule has 0 aliphatic carbocycles. The lowest BCUT2D eigenvalue weighted by atomic mass is 10.1. The van der Waals surface area contributed by atoms with Crippen molar-refractivity contribution in [1.82, 2.24) is 19.1 Å². The van der Waals surface area contributed by atoms with E-state index in [4.69, 9.17) is 5.26 Å². The van der Waals surface area contributed by atoms with Crippen LogP contribution in [0, 0.1) is 11.3 Å². The molecular weight excluding hydrogens is 294 g/mol. The van der Waals surface area contributed by atoms with E-state index in [0.29, 0.717) is 29.1 Å². The SMILES string of the molecule is CCCn1c(=O)n(C)c(=O)c2[nH]c(-c3ccc(C#N)cc3)nc21. The van der Waals surface area contributed by atoms with Gasteiger partial charge in [0.05, 0.1) is 11.6 Å². The average molecular weight is 309 g/mol. The number of benzene rings is 1. The van der Waals surface area contributed by atoms with Gasteiger partial charge in [0.2, 0.25) is 0 Å². The van der Waals surface area contributed by atoms with Gasteiger partial charge in [-0.05, 0) is 30.7 Å². The van der Waals surface area contributed by atoms with E-state index in [1.807, 2.05) is 6.92 Å². The smallest absolute Gasteiger partial charge is 0.332 e. The van der Waals surface area contributed by atoms with Crippen molar-refractivity contribution in [3.8, 4) is 17.5 Å². The van der Waals surface area contributed by atoms with E-state index in [1.54, 1.807) is 24.3 Å². The Labute approximate surface area is 131 Å². The van der Waals surface area contributed by atoms with E-state index < -0.39 is 5.56 Å². The van der Waals surface area contributed by atoms with Crippen LogP contribution >= 0.6 is 0 Å². The quantitative estimate of drug-likeness (QED) is 0.790. The molecule has 7 heteroatoms. The summed E-state index contributed by atoms with van der Waals surface area (Å²) in [7, 11) is 1.46. The number of H-pyrrole nitrogens is 1. The van der Waals surface area contributed by atoms with Crippen molar-refractivity contribution in [2.75, 3.05) is 0 Å². The number of aromatic nitrogens is 4. The average Bonchev–Trinajstić information content (AvgIpc) is 3.02. The third-order valence-corrected chi connectivity index (χ3v) is 3.71. The third kappa shape index (κ3) is 2.34. The Morgan fingerprint density at radius 1 is 1.26 bits per heavy atom. The van der Waals surface area contributed by atoms with Crippen LogP contribution in [-0.4, -0.2) is 19.1 Å². The lowest BCUT2D eigenvalue weighted by Gasteiger charge is -2.06. The maximum Gasteiger partial charge on any atom is 0.332 e. The molecule has 0 saturated carbocycles. The van der Waals surface area contributed by atoms with Crippen LogP contribution < -0.4 is 11.2 Å². The van der Waals surface area contributed by atoms with Gasteiger partial charge in [-0.3, -0.25) is 13.9 Å². The van der Waals surface area contributed by atoms with Crippen molar-refractivity contribution in [1.29, 1.82) is 5.26 Å². The highest BCUT2D eigenvalue weighted by atomic mass is 16.2. The van der Waals surface area contributed by atoms with Gasteiger partial charge in [0.25, 0.3) is 5.56 Å². The van der Waals surface area contributed by atoms with Crippen molar-refractivity contribution in [3.05, 3.63) is 50.7 Å². The Kier molecular flexibility index (Phi) is 3.58. The number of nitrogens with zero attached hydrogens (tertiary/aromatic N) is 4. The van der Waals surface area contributed by atoms with Gasteiger partial charge in [0, 0.05) is 19.2 Å². The van der Waals surface area contributed by atoms with Crippen molar-refractivity contribution in [2.45, 2.75) is 19.9 Å². The second-order valence-electron chi connectivity index (χ2n) is 5.27. The topological polar surface area (TPSA) is 96.5 Å². The van der Waals surface area contributed by atoms with Crippen LogP contribution in [0.15, 0.2) is 33.9 Å². The van der Waals surface area contributed by atoms with Crippen molar-refractivity contribution < 1.29 is 0 Å². The molecule has 0 unspecified atom stereocenters. The predicted octanol–water partition coefficient (Wildman–Crippen LogP) is 1.37. The number of hydrogen-bond acceptors (Lipinski definition) is 4. The fourth-order valence-corrected chi connectivity index (χ4v) is 2.50. The van der Waals surface area contributed by atoms with Crippen LogP contribution in [0.1, 0.15) is 18.9 Å². The number of hydrogen-bond donors (Lipinski definition) is 1. The van der Waals surface area contributed by atoms with Gasteiger partial charge in [-0.25, -0.2) is 9.78 Å². The number of rotatable bonds is 3. The molecule has 0 aliphatic rings. The molecule has 0 radical (unpaired) electrons. The summed E-state index contributed by atoms with van der Waals surface area (Å²) in [4.78, 5) is 32.0. The lowest BCUT2D eigenvalue weighted by Crippen LogP contribution is -2.38. The van der Waals surface area contributed by atoms with Crippen LogP contribution in [0.4, 0.5) is 0 Å². The van der Waals surface area contributed by atoms with E-state index in [1.165, 1.54) is 11.6 Å². The predicted molar refractivity (Wildman–Crippen MR) is 86.0 cm³/mol. The van der Waals surface area contributed by atoms with Crippen LogP contribution in [0.3, 0.4) is 0 Å². The molecule has 2 heterocycles. The van der Waals surface area contributed by atoms with Crippen molar-refractivity contribution in [2.24, 2.45) is 7.05 Å². The minimum Gasteiger partial charge on any atom is -0.332 e. The second kappa shape index (κ2) is 5.57. The van der Waals surface area contributed by atoms with Crippen LogP contribution in [0.25, 0.3) is 22.6 Å². The number of aryl methyl sites for hydroxylation is 1. The molecule has 23 heavy (non-hydrogen) atoms. The molecule has 116 valence electrons. The molecule has 0 atom stereocenters. The first-order chi connectivity index (χ1) is 11.1. The van der Waals surface area contributed by atoms with E-state index in [0.717, 1.165) is 16.6 Å². The van der Waals surface area contributed by atoms with Gasteiger partial charge >= 0.3 is 5.69 Å². The normalized spacial score (nSPS) is 10.8. The molecule has 0 amide bonds. The first kappa shape index (κ1) is 14.8. The van der Waals surface area contributed by atoms with Gasteiger partial charge in [-0.1, -0.05) is 6.92 Å². The Morgan fingerprint density at radius 3 is 2.57 bits per heavy atom. The summed E-state index contributed by atoms with van der Waals surface area (Å²) in [6.45, 7) is 2.44. The van der Waals surface area contributed by atoms with Crippen LogP contribution in [-0.2, 0) is 13.6 Å². The van der Waals surface area contributed by atoms with Crippen LogP contribution in [0.5, 0.6) is 0 Å². The summed E-state index contributed by atoms with van der Waals surface area (Å²) in [5, 5.41) is 8.85. The minimum atomic E-state index is -0.398.